The van der Waals surface area contributed by atoms with Gasteiger partial charge in [-0.2, -0.15) is 0 Å². The number of carbonyl (C=O) groups excluding carboxylic acids is 1. The third-order valence-corrected chi connectivity index (χ3v) is 3.15. The molecule has 3 nitrogen and oxygen atoms in total. The minimum atomic E-state index is -1.57. The van der Waals surface area contributed by atoms with Crippen LogP contribution < -0.4 is 10.6 Å². The second-order valence-electron chi connectivity index (χ2n) is 4.92. The first-order chi connectivity index (χ1) is 8.97. The smallest absolute Gasteiger partial charge is 0.251 e. The van der Waals surface area contributed by atoms with E-state index in [9.17, 15) is 18.0 Å². The maximum absolute atomic E-state index is 13.0. The van der Waals surface area contributed by atoms with Crippen LogP contribution in [0.4, 0.5) is 13.2 Å². The van der Waals surface area contributed by atoms with Gasteiger partial charge >= 0.3 is 0 Å². The quantitative estimate of drug-likeness (QED) is 0.806. The van der Waals surface area contributed by atoms with Gasteiger partial charge in [-0.3, -0.25) is 4.79 Å². The second-order valence-corrected chi connectivity index (χ2v) is 4.92. The summed E-state index contributed by atoms with van der Waals surface area (Å²) in [4.78, 5) is 11.8. The van der Waals surface area contributed by atoms with Crippen LogP contribution >= 0.6 is 0 Å². The Morgan fingerprint density at radius 1 is 1.26 bits per heavy atom. The predicted molar refractivity (Wildman–Crippen MR) is 64.2 cm³/mol. The zero-order valence-corrected chi connectivity index (χ0v) is 10.5. The summed E-state index contributed by atoms with van der Waals surface area (Å²) in [5, 5.41) is 5.83. The van der Waals surface area contributed by atoms with Crippen molar-refractivity contribution in [2.24, 2.45) is 5.92 Å². The van der Waals surface area contributed by atoms with Crippen molar-refractivity contribution in [2.45, 2.75) is 19.4 Å². The number of piperidine rings is 1. The molecule has 1 saturated heterocycles. The SMILES string of the molecule is CC1CNCC(NC(=O)c2cc(F)c(F)c(F)c2)C1. The molecule has 0 radical (unpaired) electrons. The van der Waals surface area contributed by atoms with E-state index in [0.29, 0.717) is 24.6 Å². The summed E-state index contributed by atoms with van der Waals surface area (Å²) in [6.45, 7) is 3.54. The molecule has 1 amide bonds. The summed E-state index contributed by atoms with van der Waals surface area (Å²) in [6.07, 6.45) is 0.797. The van der Waals surface area contributed by atoms with Crippen LogP contribution in [0.2, 0.25) is 0 Å². The van der Waals surface area contributed by atoms with E-state index in [0.717, 1.165) is 13.0 Å². The summed E-state index contributed by atoms with van der Waals surface area (Å²) >= 11 is 0. The van der Waals surface area contributed by atoms with Gasteiger partial charge in [0.15, 0.2) is 17.5 Å². The highest BCUT2D eigenvalue weighted by Gasteiger charge is 2.22. The van der Waals surface area contributed by atoms with E-state index < -0.39 is 23.4 Å². The Bertz CT molecular complexity index is 470. The molecule has 2 unspecified atom stereocenters. The molecule has 1 aliphatic heterocycles. The molecule has 1 aromatic carbocycles. The van der Waals surface area contributed by atoms with E-state index in [2.05, 4.69) is 10.6 Å². The number of hydrogen-bond acceptors (Lipinski definition) is 2. The molecule has 2 atom stereocenters. The van der Waals surface area contributed by atoms with E-state index in [1.54, 1.807) is 0 Å². The summed E-state index contributed by atoms with van der Waals surface area (Å²) in [6, 6.07) is 1.31. The molecule has 104 valence electrons. The Kier molecular flexibility index (Phi) is 4.09. The van der Waals surface area contributed by atoms with Crippen LogP contribution in [0.1, 0.15) is 23.7 Å². The maximum Gasteiger partial charge on any atom is 0.251 e. The van der Waals surface area contributed by atoms with Crippen molar-refractivity contribution in [3.8, 4) is 0 Å². The highest BCUT2D eigenvalue weighted by atomic mass is 19.2. The zero-order valence-electron chi connectivity index (χ0n) is 10.5. The third kappa shape index (κ3) is 3.26. The van der Waals surface area contributed by atoms with Crippen molar-refractivity contribution in [3.63, 3.8) is 0 Å². The number of carbonyl (C=O) groups is 1. The van der Waals surface area contributed by atoms with Crippen LogP contribution in [0.25, 0.3) is 0 Å². The Morgan fingerprint density at radius 3 is 2.47 bits per heavy atom. The summed E-state index contributed by atoms with van der Waals surface area (Å²) < 4.78 is 38.9. The van der Waals surface area contributed by atoms with Gasteiger partial charge in [-0.05, 0) is 31.0 Å². The molecule has 1 aliphatic rings. The van der Waals surface area contributed by atoms with E-state index in [1.165, 1.54) is 0 Å². The van der Waals surface area contributed by atoms with Gasteiger partial charge in [0.25, 0.3) is 5.91 Å². The lowest BCUT2D eigenvalue weighted by molar-refractivity contribution is 0.0924. The first kappa shape index (κ1) is 13.9. The molecular weight excluding hydrogens is 257 g/mol. The molecule has 19 heavy (non-hydrogen) atoms. The van der Waals surface area contributed by atoms with Crippen LogP contribution in [0.3, 0.4) is 0 Å². The van der Waals surface area contributed by atoms with Crippen molar-refractivity contribution >= 4 is 5.91 Å². The average molecular weight is 272 g/mol. The zero-order chi connectivity index (χ0) is 14.0. The summed E-state index contributed by atoms with van der Waals surface area (Å²) in [5.74, 6) is -4.47. The number of amides is 1. The largest absolute Gasteiger partial charge is 0.348 e. The van der Waals surface area contributed by atoms with Crippen molar-refractivity contribution in [1.82, 2.24) is 10.6 Å². The fourth-order valence-corrected chi connectivity index (χ4v) is 2.22. The molecular formula is C13H15F3N2O. The van der Waals surface area contributed by atoms with E-state index in [4.69, 9.17) is 0 Å². The Labute approximate surface area is 109 Å². The Hall–Kier alpha value is -1.56. The summed E-state index contributed by atoms with van der Waals surface area (Å²) in [7, 11) is 0. The van der Waals surface area contributed by atoms with Crippen molar-refractivity contribution in [2.75, 3.05) is 13.1 Å². The molecule has 0 aromatic heterocycles. The first-order valence-corrected chi connectivity index (χ1v) is 6.13. The normalized spacial score (nSPS) is 23.2. The van der Waals surface area contributed by atoms with Gasteiger partial charge in [-0.1, -0.05) is 6.92 Å². The molecule has 2 N–H and O–H groups in total. The molecule has 1 aromatic rings. The minimum absolute atomic E-state index is 0.0903. The molecule has 0 spiro atoms. The molecule has 2 rings (SSSR count). The van der Waals surface area contributed by atoms with E-state index in [-0.39, 0.29) is 11.6 Å². The van der Waals surface area contributed by atoms with Crippen LogP contribution in [0, 0.1) is 23.4 Å². The fourth-order valence-electron chi connectivity index (χ4n) is 2.22. The van der Waals surface area contributed by atoms with Crippen LogP contribution in [-0.4, -0.2) is 25.0 Å². The molecule has 6 heteroatoms. The Morgan fingerprint density at radius 2 is 1.89 bits per heavy atom. The lowest BCUT2D eigenvalue weighted by Gasteiger charge is -2.28. The number of halogens is 3. The average Bonchev–Trinajstić information content (AvgIpc) is 2.35. The first-order valence-electron chi connectivity index (χ1n) is 6.13. The monoisotopic (exact) mass is 272 g/mol. The summed E-state index contributed by atoms with van der Waals surface area (Å²) in [5.41, 5.74) is -0.213. The predicted octanol–water partition coefficient (Wildman–Crippen LogP) is 1.83. The number of benzene rings is 1. The van der Waals surface area contributed by atoms with Gasteiger partial charge < -0.3 is 10.6 Å². The molecule has 1 fully saturated rings. The van der Waals surface area contributed by atoms with Gasteiger partial charge in [0.05, 0.1) is 0 Å². The maximum atomic E-state index is 13.0. The highest BCUT2D eigenvalue weighted by molar-refractivity contribution is 5.94. The minimum Gasteiger partial charge on any atom is -0.348 e. The number of nitrogens with one attached hydrogen (secondary N) is 2. The fraction of sp³-hybridized carbons (Fsp3) is 0.462. The van der Waals surface area contributed by atoms with Crippen molar-refractivity contribution in [1.29, 1.82) is 0 Å². The van der Waals surface area contributed by atoms with Gasteiger partial charge in [0.2, 0.25) is 0 Å². The van der Waals surface area contributed by atoms with E-state index >= 15 is 0 Å². The molecule has 1 heterocycles. The highest BCUT2D eigenvalue weighted by Crippen LogP contribution is 2.15. The lowest BCUT2D eigenvalue weighted by atomic mass is 9.97. The van der Waals surface area contributed by atoms with Crippen molar-refractivity contribution < 1.29 is 18.0 Å². The van der Waals surface area contributed by atoms with Crippen LogP contribution in [0.5, 0.6) is 0 Å². The van der Waals surface area contributed by atoms with Crippen LogP contribution in [0.15, 0.2) is 12.1 Å². The lowest BCUT2D eigenvalue weighted by Crippen LogP contribution is -2.48. The van der Waals surface area contributed by atoms with Gasteiger partial charge in [-0.15, -0.1) is 0 Å². The topological polar surface area (TPSA) is 41.1 Å². The molecule has 0 bridgehead atoms. The second kappa shape index (κ2) is 5.61. The third-order valence-electron chi connectivity index (χ3n) is 3.15. The van der Waals surface area contributed by atoms with Crippen LogP contribution in [-0.2, 0) is 0 Å². The Balaban J connectivity index is 2.07. The molecule has 0 saturated carbocycles. The van der Waals surface area contributed by atoms with Crippen molar-refractivity contribution in [3.05, 3.63) is 35.1 Å². The van der Waals surface area contributed by atoms with Gasteiger partial charge in [0, 0.05) is 18.2 Å². The molecule has 0 aliphatic carbocycles. The number of hydrogen-bond donors (Lipinski definition) is 2. The van der Waals surface area contributed by atoms with Gasteiger partial charge in [0.1, 0.15) is 0 Å². The van der Waals surface area contributed by atoms with E-state index in [1.807, 2.05) is 6.92 Å². The standard InChI is InChI=1S/C13H15F3N2O/c1-7-2-9(6-17-5-7)18-13(19)8-3-10(14)12(16)11(15)4-8/h3-4,7,9,17H,2,5-6H2,1H3,(H,18,19). The van der Waals surface area contributed by atoms with Gasteiger partial charge in [-0.25, -0.2) is 13.2 Å². The number of rotatable bonds is 2.